The van der Waals surface area contributed by atoms with Crippen molar-refractivity contribution in [3.05, 3.63) is 65.2 Å². The largest absolute Gasteiger partial charge is 0.454 e. The molecule has 0 aliphatic heterocycles. The van der Waals surface area contributed by atoms with Gasteiger partial charge in [0.25, 0.3) is 11.8 Å². The Morgan fingerprint density at radius 1 is 0.966 bits per heavy atom. The predicted molar refractivity (Wildman–Crippen MR) is 114 cm³/mol. The Labute approximate surface area is 175 Å². The molecule has 29 heavy (non-hydrogen) atoms. The van der Waals surface area contributed by atoms with Crippen molar-refractivity contribution < 1.29 is 19.1 Å². The van der Waals surface area contributed by atoms with Crippen LogP contribution in [0.3, 0.4) is 0 Å². The molecule has 0 aliphatic rings. The maximum atomic E-state index is 12.1. The third-order valence-electron chi connectivity index (χ3n) is 3.90. The first-order valence-electron chi connectivity index (χ1n) is 9.40. The monoisotopic (exact) mass is 414 g/mol. The van der Waals surface area contributed by atoms with Gasteiger partial charge in [0.15, 0.2) is 6.61 Å². The molecular weight excluding hydrogens is 388 g/mol. The van der Waals surface area contributed by atoms with Gasteiger partial charge in [-0.05, 0) is 50.3 Å². The smallest absolute Gasteiger partial charge is 0.325 e. The lowest BCUT2D eigenvalue weighted by atomic mass is 10.1. The standard InChI is InChI=1S/C22H26N2O4S/c1-16-11-17(2)13-18(12-16)22(27)24-14-21(26)28-15-20(25)23-9-6-10-29-19-7-4-3-5-8-19/h3-5,7-8,11-13H,6,9-10,14-15H2,1-2H3,(H,23,25)(H,24,27). The third-order valence-corrected chi connectivity index (χ3v) is 4.99. The van der Waals surface area contributed by atoms with E-state index in [0.717, 1.165) is 23.3 Å². The zero-order chi connectivity index (χ0) is 21.1. The van der Waals surface area contributed by atoms with Gasteiger partial charge in [-0.25, -0.2) is 0 Å². The number of carbonyl (C=O) groups excluding carboxylic acids is 3. The van der Waals surface area contributed by atoms with Crippen LogP contribution in [0.15, 0.2) is 53.4 Å². The van der Waals surface area contributed by atoms with E-state index in [1.165, 1.54) is 4.90 Å². The number of amides is 2. The van der Waals surface area contributed by atoms with Crippen molar-refractivity contribution in [2.24, 2.45) is 0 Å². The maximum absolute atomic E-state index is 12.1. The molecule has 7 heteroatoms. The molecule has 2 N–H and O–H groups in total. The van der Waals surface area contributed by atoms with Crippen LogP contribution < -0.4 is 10.6 Å². The van der Waals surface area contributed by atoms with Gasteiger partial charge in [0.2, 0.25) is 0 Å². The number of nitrogens with one attached hydrogen (secondary N) is 2. The number of benzene rings is 2. The molecule has 0 atom stereocenters. The Bertz CT molecular complexity index is 820. The van der Waals surface area contributed by atoms with Crippen molar-refractivity contribution in [3.8, 4) is 0 Å². The summed E-state index contributed by atoms with van der Waals surface area (Å²) in [6, 6.07) is 15.5. The fourth-order valence-corrected chi connectivity index (χ4v) is 3.49. The second kappa shape index (κ2) is 11.9. The Hall–Kier alpha value is -2.80. The molecule has 2 amide bonds. The quantitative estimate of drug-likeness (QED) is 0.355. The molecule has 154 valence electrons. The van der Waals surface area contributed by atoms with Crippen molar-refractivity contribution >= 4 is 29.5 Å². The van der Waals surface area contributed by atoms with Gasteiger partial charge in [-0.15, -0.1) is 11.8 Å². The Balaban J connectivity index is 1.57. The zero-order valence-electron chi connectivity index (χ0n) is 16.7. The van der Waals surface area contributed by atoms with Crippen molar-refractivity contribution in [2.75, 3.05) is 25.4 Å². The number of ether oxygens (including phenoxy) is 1. The van der Waals surface area contributed by atoms with Crippen LogP contribution in [0.1, 0.15) is 27.9 Å². The number of aryl methyl sites for hydroxylation is 2. The fraction of sp³-hybridized carbons (Fsp3) is 0.318. The van der Waals surface area contributed by atoms with E-state index in [1.807, 2.05) is 50.2 Å². The SMILES string of the molecule is Cc1cc(C)cc(C(=O)NCC(=O)OCC(=O)NCCCSc2ccccc2)c1. The summed E-state index contributed by atoms with van der Waals surface area (Å²) in [6.45, 7) is 3.67. The predicted octanol–water partition coefficient (Wildman–Crippen LogP) is 2.88. The van der Waals surface area contributed by atoms with E-state index < -0.39 is 5.97 Å². The van der Waals surface area contributed by atoms with Crippen molar-refractivity contribution in [3.63, 3.8) is 0 Å². The minimum Gasteiger partial charge on any atom is -0.454 e. The number of esters is 1. The van der Waals surface area contributed by atoms with Crippen LogP contribution in [0.4, 0.5) is 0 Å². The van der Waals surface area contributed by atoms with E-state index in [-0.39, 0.29) is 25.0 Å². The van der Waals surface area contributed by atoms with E-state index in [0.29, 0.717) is 12.1 Å². The highest BCUT2D eigenvalue weighted by Crippen LogP contribution is 2.17. The van der Waals surface area contributed by atoms with Crippen molar-refractivity contribution in [2.45, 2.75) is 25.2 Å². The highest BCUT2D eigenvalue weighted by molar-refractivity contribution is 7.99. The fourth-order valence-electron chi connectivity index (χ4n) is 2.62. The summed E-state index contributed by atoms with van der Waals surface area (Å²) in [5, 5.41) is 5.22. The molecule has 0 aromatic heterocycles. The molecule has 0 saturated heterocycles. The van der Waals surface area contributed by atoms with Crippen LogP contribution in [0.2, 0.25) is 0 Å². The van der Waals surface area contributed by atoms with Gasteiger partial charge >= 0.3 is 5.97 Å². The Morgan fingerprint density at radius 3 is 2.34 bits per heavy atom. The maximum Gasteiger partial charge on any atom is 0.325 e. The lowest BCUT2D eigenvalue weighted by Crippen LogP contribution is -2.34. The van der Waals surface area contributed by atoms with E-state index in [4.69, 9.17) is 4.74 Å². The molecule has 0 radical (unpaired) electrons. The minimum atomic E-state index is -0.655. The molecule has 0 aliphatic carbocycles. The molecule has 0 heterocycles. The number of rotatable bonds is 10. The van der Waals surface area contributed by atoms with E-state index in [1.54, 1.807) is 23.9 Å². The molecule has 2 rings (SSSR count). The van der Waals surface area contributed by atoms with Gasteiger partial charge in [-0.3, -0.25) is 14.4 Å². The summed E-state index contributed by atoms with van der Waals surface area (Å²) in [5.74, 6) is -0.482. The molecule has 2 aromatic rings. The molecular formula is C22H26N2O4S. The molecule has 0 bridgehead atoms. The van der Waals surface area contributed by atoms with Gasteiger partial charge in [-0.2, -0.15) is 0 Å². The van der Waals surface area contributed by atoms with E-state index >= 15 is 0 Å². The topological polar surface area (TPSA) is 84.5 Å². The molecule has 0 spiro atoms. The number of hydrogen-bond acceptors (Lipinski definition) is 5. The van der Waals surface area contributed by atoms with Crippen LogP contribution >= 0.6 is 11.8 Å². The lowest BCUT2D eigenvalue weighted by Gasteiger charge is -2.08. The summed E-state index contributed by atoms with van der Waals surface area (Å²) in [4.78, 5) is 36.8. The molecule has 0 fully saturated rings. The van der Waals surface area contributed by atoms with Crippen LogP contribution in [-0.2, 0) is 14.3 Å². The lowest BCUT2D eigenvalue weighted by molar-refractivity contribution is -0.147. The molecule has 2 aromatic carbocycles. The Kier molecular flexibility index (Phi) is 9.24. The van der Waals surface area contributed by atoms with Crippen LogP contribution in [0, 0.1) is 13.8 Å². The summed E-state index contributed by atoms with van der Waals surface area (Å²) in [6.07, 6.45) is 0.811. The minimum absolute atomic E-state index is 0.285. The van der Waals surface area contributed by atoms with Crippen molar-refractivity contribution in [1.82, 2.24) is 10.6 Å². The van der Waals surface area contributed by atoms with E-state index in [2.05, 4.69) is 10.6 Å². The second-order valence-electron chi connectivity index (χ2n) is 6.58. The Morgan fingerprint density at radius 2 is 1.66 bits per heavy atom. The van der Waals surface area contributed by atoms with Gasteiger partial charge in [-0.1, -0.05) is 35.4 Å². The first-order valence-corrected chi connectivity index (χ1v) is 10.4. The average molecular weight is 415 g/mol. The normalized spacial score (nSPS) is 10.3. The molecule has 0 unspecified atom stereocenters. The second-order valence-corrected chi connectivity index (χ2v) is 7.75. The summed E-state index contributed by atoms with van der Waals surface area (Å²) in [5.41, 5.74) is 2.43. The number of carbonyl (C=O) groups is 3. The first kappa shape index (κ1) is 22.5. The number of hydrogen-bond donors (Lipinski definition) is 2. The van der Waals surface area contributed by atoms with E-state index in [9.17, 15) is 14.4 Å². The summed E-state index contributed by atoms with van der Waals surface area (Å²) < 4.78 is 4.89. The van der Waals surface area contributed by atoms with Gasteiger partial charge in [0.1, 0.15) is 6.54 Å². The number of thioether (sulfide) groups is 1. The van der Waals surface area contributed by atoms with Gasteiger partial charge < -0.3 is 15.4 Å². The first-order chi connectivity index (χ1) is 13.9. The van der Waals surface area contributed by atoms with Crippen LogP contribution in [0.5, 0.6) is 0 Å². The van der Waals surface area contributed by atoms with Crippen LogP contribution in [-0.4, -0.2) is 43.2 Å². The highest BCUT2D eigenvalue weighted by Gasteiger charge is 2.11. The van der Waals surface area contributed by atoms with Gasteiger partial charge in [0.05, 0.1) is 0 Å². The summed E-state index contributed by atoms with van der Waals surface area (Å²) in [7, 11) is 0. The zero-order valence-corrected chi connectivity index (χ0v) is 17.5. The van der Waals surface area contributed by atoms with Crippen LogP contribution in [0.25, 0.3) is 0 Å². The average Bonchev–Trinajstić information content (AvgIpc) is 2.70. The molecule has 6 nitrogen and oxygen atoms in total. The summed E-state index contributed by atoms with van der Waals surface area (Å²) >= 11 is 1.72. The third kappa shape index (κ3) is 8.83. The highest BCUT2D eigenvalue weighted by atomic mass is 32.2. The van der Waals surface area contributed by atoms with Gasteiger partial charge in [0, 0.05) is 17.0 Å². The van der Waals surface area contributed by atoms with Crippen molar-refractivity contribution in [1.29, 1.82) is 0 Å². The molecule has 0 saturated carbocycles.